The molecule has 3 heteroatoms. The van der Waals surface area contributed by atoms with Gasteiger partial charge in [-0.2, -0.15) is 0 Å². The van der Waals surface area contributed by atoms with Gasteiger partial charge in [0.15, 0.2) is 0 Å². The van der Waals surface area contributed by atoms with E-state index in [-0.39, 0.29) is 0 Å². The molecule has 0 aromatic rings. The summed E-state index contributed by atoms with van der Waals surface area (Å²) in [5.74, 6) is 3.01. The van der Waals surface area contributed by atoms with Gasteiger partial charge in [-0.1, -0.05) is 48.1 Å². The Bertz CT molecular complexity index is 207. The maximum Gasteiger partial charge on any atom is 0.129 e. The first kappa shape index (κ1) is 12.0. The molecule has 0 saturated carbocycles. The second-order valence-corrected chi connectivity index (χ2v) is 9.43. The van der Waals surface area contributed by atoms with Gasteiger partial charge in [-0.15, -0.1) is 5.54 Å². The number of rotatable bonds is 3. The number of hydrogen-bond donors (Lipinski definition) is 0. The van der Waals surface area contributed by atoms with Crippen LogP contribution in [0.2, 0.25) is 19.6 Å². The Hall–Kier alpha value is -0.0431. The lowest BCUT2D eigenvalue weighted by Crippen LogP contribution is -2.16. The molecule has 0 aliphatic heterocycles. The minimum absolute atomic E-state index is 0.509. The van der Waals surface area contributed by atoms with E-state index in [0.717, 1.165) is 4.48 Å². The molecule has 68 valence electrons. The highest BCUT2D eigenvalue weighted by Crippen LogP contribution is 2.00. The molecule has 0 atom stereocenters. The third kappa shape index (κ3) is 9.96. The molecular weight excluding hydrogens is 232 g/mol. The minimum Gasteiger partial charge on any atom is -0.364 e. The average molecular weight is 247 g/mol. The molecular formula is C9H15BrOSi. The lowest BCUT2D eigenvalue weighted by Gasteiger charge is -2.03. The molecule has 0 amide bonds. The van der Waals surface area contributed by atoms with E-state index in [2.05, 4.69) is 53.6 Å². The monoisotopic (exact) mass is 246 g/mol. The van der Waals surface area contributed by atoms with Gasteiger partial charge in [0.05, 0.1) is 6.61 Å². The predicted molar refractivity (Wildman–Crippen MR) is 60.0 cm³/mol. The summed E-state index contributed by atoms with van der Waals surface area (Å²) >= 11 is 3.21. The highest BCUT2D eigenvalue weighted by Gasteiger charge is 2.06. The molecule has 0 radical (unpaired) electrons. The normalized spacial score (nSPS) is 10.3. The van der Waals surface area contributed by atoms with Gasteiger partial charge in [-0.25, -0.2) is 0 Å². The Labute approximate surface area is 84.3 Å². The Morgan fingerprint density at radius 1 is 1.50 bits per heavy atom. The summed E-state index contributed by atoms with van der Waals surface area (Å²) in [6, 6.07) is 0. The molecule has 12 heavy (non-hydrogen) atoms. The van der Waals surface area contributed by atoms with Crippen molar-refractivity contribution < 1.29 is 4.74 Å². The van der Waals surface area contributed by atoms with E-state index in [1.165, 1.54) is 0 Å². The zero-order valence-corrected chi connectivity index (χ0v) is 10.5. The summed E-state index contributed by atoms with van der Waals surface area (Å²) < 4.78 is 6.05. The first-order valence-corrected chi connectivity index (χ1v) is 8.12. The van der Waals surface area contributed by atoms with Crippen molar-refractivity contribution in [1.29, 1.82) is 0 Å². The minimum atomic E-state index is -1.21. The fourth-order valence-electron chi connectivity index (χ4n) is 0.514. The summed E-state index contributed by atoms with van der Waals surface area (Å²) in [4.78, 5) is 0. The molecule has 0 rings (SSSR count). The van der Waals surface area contributed by atoms with Crippen LogP contribution in [0, 0.1) is 11.5 Å². The van der Waals surface area contributed by atoms with Gasteiger partial charge in [-0.05, 0) is 0 Å². The van der Waals surface area contributed by atoms with Crippen LogP contribution in [0.4, 0.5) is 0 Å². The second kappa shape index (κ2) is 5.58. The van der Waals surface area contributed by atoms with E-state index in [1.807, 2.05) is 0 Å². The van der Waals surface area contributed by atoms with Gasteiger partial charge in [-0.3, -0.25) is 0 Å². The van der Waals surface area contributed by atoms with E-state index >= 15 is 0 Å². The van der Waals surface area contributed by atoms with Crippen LogP contribution in [-0.2, 0) is 4.74 Å². The zero-order chi connectivity index (χ0) is 9.61. The Balaban J connectivity index is 3.53. The van der Waals surface area contributed by atoms with E-state index < -0.39 is 8.07 Å². The predicted octanol–water partition coefficient (Wildman–Crippen LogP) is 2.79. The number of hydrogen-bond acceptors (Lipinski definition) is 1. The molecule has 0 aliphatic rings. The van der Waals surface area contributed by atoms with E-state index in [1.54, 1.807) is 0 Å². The van der Waals surface area contributed by atoms with Crippen LogP contribution in [0.15, 0.2) is 11.1 Å². The van der Waals surface area contributed by atoms with Crippen molar-refractivity contribution in [2.75, 3.05) is 13.2 Å². The van der Waals surface area contributed by atoms with Crippen LogP contribution in [0.25, 0.3) is 0 Å². The van der Waals surface area contributed by atoms with Crippen molar-refractivity contribution in [3.63, 3.8) is 0 Å². The van der Waals surface area contributed by atoms with Crippen LogP contribution in [0.3, 0.4) is 0 Å². The standard InChI is InChI=1S/C9H15BrOSi/c1-9(10)8-11-6-5-7-12(2,3)4/h1,6,8H2,2-4H3. The Morgan fingerprint density at radius 3 is 2.50 bits per heavy atom. The molecule has 0 N–H and O–H groups in total. The largest absolute Gasteiger partial charge is 0.364 e. The number of ether oxygens (including phenoxy) is 1. The topological polar surface area (TPSA) is 9.23 Å². The van der Waals surface area contributed by atoms with Gasteiger partial charge >= 0.3 is 0 Å². The summed E-state index contributed by atoms with van der Waals surface area (Å²) in [6.45, 7) is 11.3. The van der Waals surface area contributed by atoms with Gasteiger partial charge in [0.25, 0.3) is 0 Å². The van der Waals surface area contributed by atoms with E-state index in [9.17, 15) is 0 Å². The van der Waals surface area contributed by atoms with Crippen LogP contribution in [-0.4, -0.2) is 21.3 Å². The van der Waals surface area contributed by atoms with Crippen molar-refractivity contribution >= 4 is 24.0 Å². The third-order valence-electron chi connectivity index (χ3n) is 0.896. The SMILES string of the molecule is C=C(Br)COCC#C[Si](C)(C)C. The molecule has 0 aliphatic carbocycles. The van der Waals surface area contributed by atoms with Crippen molar-refractivity contribution in [2.45, 2.75) is 19.6 Å². The highest BCUT2D eigenvalue weighted by atomic mass is 79.9. The van der Waals surface area contributed by atoms with E-state index in [4.69, 9.17) is 4.74 Å². The van der Waals surface area contributed by atoms with Gasteiger partial charge in [0.1, 0.15) is 14.7 Å². The molecule has 0 aromatic carbocycles. The van der Waals surface area contributed by atoms with Crippen LogP contribution >= 0.6 is 15.9 Å². The van der Waals surface area contributed by atoms with Crippen molar-refractivity contribution in [3.8, 4) is 11.5 Å². The summed E-state index contributed by atoms with van der Waals surface area (Å²) in [6.07, 6.45) is 0. The maximum absolute atomic E-state index is 5.19. The second-order valence-electron chi connectivity index (χ2n) is 3.56. The van der Waals surface area contributed by atoms with Crippen LogP contribution < -0.4 is 0 Å². The van der Waals surface area contributed by atoms with Crippen molar-refractivity contribution in [1.82, 2.24) is 0 Å². The summed E-state index contributed by atoms with van der Waals surface area (Å²) in [5, 5.41) is 0. The first-order chi connectivity index (χ1) is 5.42. The van der Waals surface area contributed by atoms with Crippen LogP contribution in [0.1, 0.15) is 0 Å². The Kier molecular flexibility index (Phi) is 5.56. The van der Waals surface area contributed by atoms with Crippen molar-refractivity contribution in [3.05, 3.63) is 11.1 Å². The lowest BCUT2D eigenvalue weighted by atomic mass is 10.7. The Morgan fingerprint density at radius 2 is 2.08 bits per heavy atom. The molecule has 0 spiro atoms. The summed E-state index contributed by atoms with van der Waals surface area (Å²) in [7, 11) is -1.21. The maximum atomic E-state index is 5.19. The molecule has 0 saturated heterocycles. The lowest BCUT2D eigenvalue weighted by molar-refractivity contribution is 0.198. The van der Waals surface area contributed by atoms with Crippen LogP contribution in [0.5, 0.6) is 0 Å². The smallest absolute Gasteiger partial charge is 0.129 e. The van der Waals surface area contributed by atoms with Gasteiger partial charge < -0.3 is 4.74 Å². The fourth-order valence-corrected chi connectivity index (χ4v) is 1.28. The highest BCUT2D eigenvalue weighted by molar-refractivity contribution is 9.11. The third-order valence-corrected chi connectivity index (χ3v) is 2.05. The molecule has 0 fully saturated rings. The summed E-state index contributed by atoms with van der Waals surface area (Å²) in [5.41, 5.74) is 3.21. The molecule has 0 heterocycles. The zero-order valence-electron chi connectivity index (χ0n) is 7.91. The molecule has 0 bridgehead atoms. The fraction of sp³-hybridized carbons (Fsp3) is 0.556. The van der Waals surface area contributed by atoms with Crippen molar-refractivity contribution in [2.24, 2.45) is 0 Å². The van der Waals surface area contributed by atoms with E-state index in [0.29, 0.717) is 13.2 Å². The molecule has 0 unspecified atom stereocenters. The quantitative estimate of drug-likeness (QED) is 0.423. The first-order valence-electron chi connectivity index (χ1n) is 3.83. The number of halogens is 1. The van der Waals surface area contributed by atoms with Gasteiger partial charge in [0, 0.05) is 4.48 Å². The molecule has 0 aromatic heterocycles. The van der Waals surface area contributed by atoms with Gasteiger partial charge in [0.2, 0.25) is 0 Å². The average Bonchev–Trinajstić information content (AvgIpc) is 1.83. The molecule has 1 nitrogen and oxygen atoms in total.